The minimum atomic E-state index is -0.214. The molecule has 0 saturated heterocycles. The lowest BCUT2D eigenvalue weighted by Crippen LogP contribution is -2.31. The molecule has 11 nitrogen and oxygen atoms in total. The fraction of sp³-hybridized carbons (Fsp3) is 0.351. The molecular formula is C37H45N5O6. The van der Waals surface area contributed by atoms with Gasteiger partial charge in [-0.05, 0) is 57.3 Å². The molecule has 0 aliphatic rings. The van der Waals surface area contributed by atoms with Gasteiger partial charge in [-0.2, -0.15) is 0 Å². The van der Waals surface area contributed by atoms with Crippen molar-refractivity contribution < 1.29 is 19.1 Å². The van der Waals surface area contributed by atoms with Crippen LogP contribution in [0.5, 0.6) is 11.5 Å². The number of pyridine rings is 2. The summed E-state index contributed by atoms with van der Waals surface area (Å²) in [5.74, 6) is 0.232. The normalized spacial score (nSPS) is 10.8. The first kappa shape index (κ1) is 35.7. The molecule has 0 radical (unpaired) electrons. The summed E-state index contributed by atoms with van der Waals surface area (Å²) in [5.41, 5.74) is 2.71. The van der Waals surface area contributed by atoms with Crippen LogP contribution in [0.3, 0.4) is 0 Å². The van der Waals surface area contributed by atoms with E-state index in [0.717, 1.165) is 43.5 Å². The number of ether oxygens (including phenoxy) is 2. The fourth-order valence-corrected chi connectivity index (χ4v) is 5.05. The summed E-state index contributed by atoms with van der Waals surface area (Å²) in [5, 5.41) is 9.22. The van der Waals surface area contributed by atoms with Gasteiger partial charge in [-0.1, -0.05) is 60.7 Å². The molecule has 2 aromatic carbocycles. The number of carbonyl (C=O) groups is 2. The highest BCUT2D eigenvalue weighted by Gasteiger charge is 2.13. The molecule has 2 heterocycles. The highest BCUT2D eigenvalue weighted by Crippen LogP contribution is 2.15. The van der Waals surface area contributed by atoms with Gasteiger partial charge >= 0.3 is 0 Å². The average Bonchev–Trinajstić information content (AvgIpc) is 3.09. The third-order valence-electron chi connectivity index (χ3n) is 7.81. The molecule has 2 aromatic heterocycles. The van der Waals surface area contributed by atoms with Crippen molar-refractivity contribution in [2.24, 2.45) is 0 Å². The Hall–Kier alpha value is -5.16. The maximum atomic E-state index is 12.5. The molecule has 3 N–H and O–H groups in total. The van der Waals surface area contributed by atoms with Gasteiger partial charge in [-0.3, -0.25) is 19.2 Å². The Labute approximate surface area is 280 Å². The summed E-state index contributed by atoms with van der Waals surface area (Å²) in [4.78, 5) is 49.8. The van der Waals surface area contributed by atoms with E-state index in [4.69, 9.17) is 9.47 Å². The van der Waals surface area contributed by atoms with E-state index in [1.165, 1.54) is 12.1 Å². The molecule has 254 valence electrons. The van der Waals surface area contributed by atoms with E-state index in [0.29, 0.717) is 24.5 Å². The van der Waals surface area contributed by atoms with Gasteiger partial charge in [-0.15, -0.1) is 0 Å². The number of aromatic nitrogens is 2. The van der Waals surface area contributed by atoms with Gasteiger partial charge < -0.3 is 34.6 Å². The van der Waals surface area contributed by atoms with Crippen LogP contribution in [-0.2, 0) is 35.9 Å². The summed E-state index contributed by atoms with van der Waals surface area (Å²) in [7, 11) is 0. The number of amides is 2. The van der Waals surface area contributed by atoms with Crippen molar-refractivity contribution in [2.45, 2.75) is 59.4 Å². The number of benzene rings is 2. The van der Waals surface area contributed by atoms with Crippen LogP contribution in [0.4, 0.5) is 0 Å². The van der Waals surface area contributed by atoms with E-state index in [1.54, 1.807) is 35.4 Å². The molecule has 0 unspecified atom stereocenters. The van der Waals surface area contributed by atoms with E-state index in [1.807, 2.05) is 60.7 Å². The Balaban J connectivity index is 1.06. The SMILES string of the molecule is Cc1c(OCc2ccccc2)c(=O)ccn1CC(=O)NCCCCNCCCNC(=O)Cn1ccc(=O)c(OCc2ccccc2)c1C. The van der Waals surface area contributed by atoms with E-state index in [9.17, 15) is 19.2 Å². The predicted molar refractivity (Wildman–Crippen MR) is 185 cm³/mol. The quantitative estimate of drug-likeness (QED) is 0.132. The minimum absolute atomic E-state index is 0.0954. The number of hydrogen-bond donors (Lipinski definition) is 3. The van der Waals surface area contributed by atoms with Crippen LogP contribution >= 0.6 is 0 Å². The average molecular weight is 656 g/mol. The number of rotatable bonds is 19. The first-order valence-electron chi connectivity index (χ1n) is 16.3. The van der Waals surface area contributed by atoms with Crippen LogP contribution in [0.15, 0.2) is 94.8 Å². The standard InChI is InChI=1S/C37H45N5O6/c1-28-36(47-26-30-12-5-3-6-13-30)32(43)16-22-41(28)24-34(45)39-20-10-9-18-38-19-11-21-40-35(46)25-42-23-17-33(44)37(29(42)2)48-27-31-14-7-4-8-15-31/h3-8,12-17,22-23,38H,9-11,18-21,24-27H2,1-2H3,(H,39,45)(H,40,46). The van der Waals surface area contributed by atoms with E-state index >= 15 is 0 Å². The van der Waals surface area contributed by atoms with Crippen LogP contribution in [0, 0.1) is 13.8 Å². The topological polar surface area (TPSA) is 133 Å². The van der Waals surface area contributed by atoms with Crippen LogP contribution in [0.2, 0.25) is 0 Å². The summed E-state index contributed by atoms with van der Waals surface area (Å²) in [6, 6.07) is 22.1. The first-order chi connectivity index (χ1) is 23.3. The number of hydrogen-bond acceptors (Lipinski definition) is 7. The lowest BCUT2D eigenvalue weighted by molar-refractivity contribution is -0.122. The third kappa shape index (κ3) is 11.3. The lowest BCUT2D eigenvalue weighted by atomic mass is 10.2. The van der Waals surface area contributed by atoms with Gasteiger partial charge in [0.15, 0.2) is 11.5 Å². The van der Waals surface area contributed by atoms with Gasteiger partial charge in [0.25, 0.3) is 0 Å². The highest BCUT2D eigenvalue weighted by atomic mass is 16.5. The molecule has 4 rings (SSSR count). The van der Waals surface area contributed by atoms with Crippen molar-refractivity contribution >= 4 is 11.8 Å². The molecule has 0 aliphatic heterocycles. The zero-order chi connectivity index (χ0) is 34.1. The second kappa shape index (κ2) is 18.9. The third-order valence-corrected chi connectivity index (χ3v) is 7.81. The smallest absolute Gasteiger partial charge is 0.239 e. The van der Waals surface area contributed by atoms with Crippen molar-refractivity contribution in [1.29, 1.82) is 0 Å². The van der Waals surface area contributed by atoms with Gasteiger partial charge in [0, 0.05) is 37.6 Å². The van der Waals surface area contributed by atoms with Crippen molar-refractivity contribution in [3.63, 3.8) is 0 Å². The van der Waals surface area contributed by atoms with Crippen LogP contribution in [-0.4, -0.2) is 47.1 Å². The highest BCUT2D eigenvalue weighted by molar-refractivity contribution is 5.76. The van der Waals surface area contributed by atoms with E-state index in [2.05, 4.69) is 16.0 Å². The molecule has 0 spiro atoms. The summed E-state index contributed by atoms with van der Waals surface area (Å²) in [6.07, 6.45) is 5.71. The summed E-state index contributed by atoms with van der Waals surface area (Å²) in [6.45, 7) is 6.94. The Bertz CT molecular complexity index is 1610. The largest absolute Gasteiger partial charge is 0.483 e. The maximum absolute atomic E-state index is 12.5. The molecule has 0 atom stereocenters. The Morgan fingerprint density at radius 2 is 1.00 bits per heavy atom. The number of nitrogens with one attached hydrogen (secondary N) is 3. The van der Waals surface area contributed by atoms with Gasteiger partial charge in [0.2, 0.25) is 22.7 Å². The second-order valence-corrected chi connectivity index (χ2v) is 11.5. The Morgan fingerprint density at radius 1 is 0.583 bits per heavy atom. The van der Waals surface area contributed by atoms with Crippen LogP contribution < -0.4 is 36.3 Å². The van der Waals surface area contributed by atoms with Gasteiger partial charge in [0.1, 0.15) is 26.3 Å². The fourth-order valence-electron chi connectivity index (χ4n) is 5.05. The Kier molecular flexibility index (Phi) is 14.0. The molecule has 48 heavy (non-hydrogen) atoms. The summed E-state index contributed by atoms with van der Waals surface area (Å²) < 4.78 is 15.0. The molecular weight excluding hydrogens is 610 g/mol. The second-order valence-electron chi connectivity index (χ2n) is 11.5. The molecule has 4 aromatic rings. The minimum Gasteiger partial charge on any atom is -0.483 e. The molecule has 0 fully saturated rings. The molecule has 0 bridgehead atoms. The van der Waals surface area contributed by atoms with Crippen molar-refractivity contribution in [3.05, 3.63) is 128 Å². The molecule has 0 aliphatic carbocycles. The van der Waals surface area contributed by atoms with Crippen molar-refractivity contribution in [3.8, 4) is 11.5 Å². The van der Waals surface area contributed by atoms with Crippen molar-refractivity contribution in [1.82, 2.24) is 25.1 Å². The molecule has 11 heteroatoms. The predicted octanol–water partition coefficient (Wildman–Crippen LogP) is 3.48. The number of unbranched alkanes of at least 4 members (excludes halogenated alkanes) is 1. The maximum Gasteiger partial charge on any atom is 0.239 e. The monoisotopic (exact) mass is 655 g/mol. The first-order valence-corrected chi connectivity index (χ1v) is 16.3. The van der Waals surface area contributed by atoms with Gasteiger partial charge in [0.05, 0.1) is 11.4 Å². The number of nitrogens with zero attached hydrogens (tertiary/aromatic N) is 2. The lowest BCUT2D eigenvalue weighted by Gasteiger charge is -2.15. The number of carbonyl (C=O) groups excluding carboxylic acids is 2. The van der Waals surface area contributed by atoms with Crippen molar-refractivity contribution in [2.75, 3.05) is 26.2 Å². The zero-order valence-electron chi connectivity index (χ0n) is 27.7. The summed E-state index contributed by atoms with van der Waals surface area (Å²) >= 11 is 0. The Morgan fingerprint density at radius 3 is 1.48 bits per heavy atom. The van der Waals surface area contributed by atoms with Crippen LogP contribution in [0.25, 0.3) is 0 Å². The van der Waals surface area contributed by atoms with Crippen LogP contribution in [0.1, 0.15) is 41.8 Å². The molecule has 2 amide bonds. The molecule has 0 saturated carbocycles. The zero-order valence-corrected chi connectivity index (χ0v) is 27.7. The van der Waals surface area contributed by atoms with Gasteiger partial charge in [-0.25, -0.2) is 0 Å². The van der Waals surface area contributed by atoms with E-state index in [-0.39, 0.29) is 60.5 Å². The van der Waals surface area contributed by atoms with E-state index < -0.39 is 0 Å².